The summed E-state index contributed by atoms with van der Waals surface area (Å²) in [6, 6.07) is 19.7. The average Bonchev–Trinajstić information content (AvgIpc) is 2.79. The summed E-state index contributed by atoms with van der Waals surface area (Å²) in [5.74, 6) is -0.414. The molecule has 9 heteroatoms. The Kier molecular flexibility index (Phi) is 6.79. The monoisotopic (exact) mass is 421 g/mol. The Balaban J connectivity index is 1.63. The summed E-state index contributed by atoms with van der Waals surface area (Å²) in [5.41, 5.74) is 0.357. The summed E-state index contributed by atoms with van der Waals surface area (Å²) in [7, 11) is 1.53. The van der Waals surface area contributed by atoms with Crippen LogP contribution in [0.2, 0.25) is 0 Å². The van der Waals surface area contributed by atoms with Gasteiger partial charge in [0.2, 0.25) is 0 Å². The molecule has 0 heterocycles. The van der Waals surface area contributed by atoms with E-state index < -0.39 is 23.4 Å². The molecule has 0 atom stereocenters. The lowest BCUT2D eigenvalue weighted by Crippen LogP contribution is -2.21. The highest BCUT2D eigenvalue weighted by atomic mass is 16.6. The van der Waals surface area contributed by atoms with Gasteiger partial charge in [-0.2, -0.15) is 0 Å². The number of benzene rings is 3. The van der Waals surface area contributed by atoms with Gasteiger partial charge in [-0.3, -0.25) is 14.9 Å². The lowest BCUT2D eigenvalue weighted by atomic mass is 10.1. The second kappa shape index (κ2) is 9.88. The van der Waals surface area contributed by atoms with Crippen LogP contribution in [-0.2, 0) is 9.53 Å². The van der Waals surface area contributed by atoms with Crippen LogP contribution < -0.4 is 15.4 Å². The fraction of sp³-hybridized carbons (Fsp3) is 0.0909. The minimum absolute atomic E-state index is 0.0358. The van der Waals surface area contributed by atoms with E-state index in [0.717, 1.165) is 6.07 Å². The second-order valence-electron chi connectivity index (χ2n) is 6.27. The molecular weight excluding hydrogens is 402 g/mol. The predicted octanol–water partition coefficient (Wildman–Crippen LogP) is 4.22. The van der Waals surface area contributed by atoms with Gasteiger partial charge in [-0.25, -0.2) is 4.79 Å². The largest absolute Gasteiger partial charge is 0.455 e. The number of nitrogens with one attached hydrogen (secondary N) is 2. The van der Waals surface area contributed by atoms with E-state index in [1.165, 1.54) is 19.2 Å². The molecule has 0 aliphatic heterocycles. The number of esters is 1. The molecule has 0 unspecified atom stereocenters. The maximum Gasteiger partial charge on any atom is 0.338 e. The molecule has 3 aromatic rings. The van der Waals surface area contributed by atoms with Crippen molar-refractivity contribution >= 4 is 28.9 Å². The number of anilines is 2. The number of hydrogen-bond acceptors (Lipinski definition) is 7. The van der Waals surface area contributed by atoms with Gasteiger partial charge < -0.3 is 20.1 Å². The van der Waals surface area contributed by atoms with Crippen molar-refractivity contribution < 1.29 is 24.0 Å². The molecule has 158 valence electrons. The maximum atomic E-state index is 12.3. The first-order valence-electron chi connectivity index (χ1n) is 9.23. The van der Waals surface area contributed by atoms with Gasteiger partial charge in [0, 0.05) is 13.1 Å². The zero-order valence-corrected chi connectivity index (χ0v) is 16.5. The summed E-state index contributed by atoms with van der Waals surface area (Å²) >= 11 is 0. The van der Waals surface area contributed by atoms with Gasteiger partial charge >= 0.3 is 5.97 Å². The van der Waals surface area contributed by atoms with Crippen molar-refractivity contribution in [2.24, 2.45) is 0 Å². The predicted molar refractivity (Wildman–Crippen MR) is 115 cm³/mol. The van der Waals surface area contributed by atoms with Gasteiger partial charge in [0.1, 0.15) is 11.4 Å². The van der Waals surface area contributed by atoms with Gasteiger partial charge in [0.05, 0.1) is 16.2 Å². The standard InChI is InChI=1S/C22H19N3O6/c1-23-17-12-11-15(13-19(17)25(28)29)22(27)30-14-21(26)24-18-9-5-6-10-20(18)31-16-7-3-2-4-8-16/h2-13,23H,14H2,1H3,(H,24,26). The molecule has 0 spiro atoms. The van der Waals surface area contributed by atoms with Gasteiger partial charge in [-0.15, -0.1) is 0 Å². The molecule has 2 N–H and O–H groups in total. The lowest BCUT2D eigenvalue weighted by molar-refractivity contribution is -0.384. The van der Waals surface area contributed by atoms with Crippen LogP contribution in [-0.4, -0.2) is 30.5 Å². The molecule has 31 heavy (non-hydrogen) atoms. The molecular formula is C22H19N3O6. The molecule has 0 fully saturated rings. The summed E-state index contributed by atoms with van der Waals surface area (Å²) in [5, 5.41) is 16.4. The first-order valence-corrected chi connectivity index (χ1v) is 9.23. The Labute approximate surface area is 177 Å². The van der Waals surface area contributed by atoms with Crippen molar-refractivity contribution in [1.82, 2.24) is 0 Å². The summed E-state index contributed by atoms with van der Waals surface area (Å²) in [4.78, 5) is 35.0. The van der Waals surface area contributed by atoms with Gasteiger partial charge in [-0.05, 0) is 36.4 Å². The Bertz CT molecular complexity index is 1100. The topological polar surface area (TPSA) is 120 Å². The van der Waals surface area contributed by atoms with Crippen molar-refractivity contribution in [3.8, 4) is 11.5 Å². The number of nitro groups is 1. The molecule has 3 rings (SSSR count). The number of nitro benzene ring substituents is 1. The van der Waals surface area contributed by atoms with Gasteiger partial charge in [0.15, 0.2) is 12.4 Å². The molecule has 0 saturated heterocycles. The molecule has 0 saturated carbocycles. The van der Waals surface area contributed by atoms with E-state index in [1.54, 1.807) is 36.4 Å². The number of rotatable bonds is 8. The van der Waals surface area contributed by atoms with Crippen LogP contribution in [0, 0.1) is 10.1 Å². The van der Waals surface area contributed by atoms with Crippen molar-refractivity contribution in [2.75, 3.05) is 24.3 Å². The fourth-order valence-corrected chi connectivity index (χ4v) is 2.70. The Morgan fingerprint density at radius 3 is 2.39 bits per heavy atom. The first-order chi connectivity index (χ1) is 15.0. The third kappa shape index (κ3) is 5.57. The van der Waals surface area contributed by atoms with Crippen molar-refractivity contribution in [3.63, 3.8) is 0 Å². The van der Waals surface area contributed by atoms with Crippen molar-refractivity contribution in [1.29, 1.82) is 0 Å². The molecule has 3 aromatic carbocycles. The minimum Gasteiger partial charge on any atom is -0.455 e. The lowest BCUT2D eigenvalue weighted by Gasteiger charge is -2.12. The van der Waals surface area contributed by atoms with Crippen LogP contribution in [0.15, 0.2) is 72.8 Å². The van der Waals surface area contributed by atoms with E-state index in [9.17, 15) is 19.7 Å². The highest BCUT2D eigenvalue weighted by molar-refractivity contribution is 5.97. The third-order valence-corrected chi connectivity index (χ3v) is 4.17. The van der Waals surface area contributed by atoms with Crippen LogP contribution in [0.4, 0.5) is 17.1 Å². The normalized spacial score (nSPS) is 10.1. The minimum atomic E-state index is -0.852. The highest BCUT2D eigenvalue weighted by Gasteiger charge is 2.18. The van der Waals surface area contributed by atoms with Crippen LogP contribution in [0.25, 0.3) is 0 Å². The van der Waals surface area contributed by atoms with Gasteiger partial charge in [-0.1, -0.05) is 30.3 Å². The SMILES string of the molecule is CNc1ccc(C(=O)OCC(=O)Nc2ccccc2Oc2ccccc2)cc1[N+](=O)[O-]. The van der Waals surface area contributed by atoms with E-state index >= 15 is 0 Å². The van der Waals surface area contributed by atoms with Crippen LogP contribution in [0.5, 0.6) is 11.5 Å². The quantitative estimate of drug-likeness (QED) is 0.317. The summed E-state index contributed by atoms with van der Waals surface area (Å²) in [6.45, 7) is -0.569. The maximum absolute atomic E-state index is 12.3. The summed E-state index contributed by atoms with van der Waals surface area (Å²) in [6.07, 6.45) is 0. The molecule has 0 aromatic heterocycles. The number of carbonyl (C=O) groups is 2. The average molecular weight is 421 g/mol. The van der Waals surface area contributed by atoms with Crippen LogP contribution >= 0.6 is 0 Å². The van der Waals surface area contributed by atoms with Gasteiger partial charge in [0.25, 0.3) is 11.6 Å². The number of nitrogens with zero attached hydrogens (tertiary/aromatic N) is 1. The smallest absolute Gasteiger partial charge is 0.338 e. The fourth-order valence-electron chi connectivity index (χ4n) is 2.70. The number of para-hydroxylation sites is 3. The highest BCUT2D eigenvalue weighted by Crippen LogP contribution is 2.29. The van der Waals surface area contributed by atoms with Crippen molar-refractivity contribution in [3.05, 3.63) is 88.5 Å². The molecule has 0 aliphatic rings. The molecule has 0 radical (unpaired) electrons. The third-order valence-electron chi connectivity index (χ3n) is 4.17. The van der Waals surface area contributed by atoms with E-state index in [4.69, 9.17) is 9.47 Å². The Morgan fingerprint density at radius 1 is 0.968 bits per heavy atom. The van der Waals surface area contributed by atoms with Crippen molar-refractivity contribution in [2.45, 2.75) is 0 Å². The number of hydrogen-bond donors (Lipinski definition) is 2. The zero-order valence-electron chi connectivity index (χ0n) is 16.5. The molecule has 1 amide bonds. The Morgan fingerprint density at radius 2 is 1.68 bits per heavy atom. The Hall–Kier alpha value is -4.40. The van der Waals surface area contributed by atoms with E-state index in [-0.39, 0.29) is 16.9 Å². The van der Waals surface area contributed by atoms with E-state index in [1.807, 2.05) is 18.2 Å². The number of amides is 1. The molecule has 0 aliphatic carbocycles. The number of carbonyl (C=O) groups excluding carboxylic acids is 2. The molecule has 9 nitrogen and oxygen atoms in total. The number of ether oxygens (including phenoxy) is 2. The summed E-state index contributed by atoms with van der Waals surface area (Å²) < 4.78 is 10.8. The van der Waals surface area contributed by atoms with E-state index in [0.29, 0.717) is 17.2 Å². The van der Waals surface area contributed by atoms with Crippen LogP contribution in [0.1, 0.15) is 10.4 Å². The second-order valence-corrected chi connectivity index (χ2v) is 6.27. The molecule has 0 bridgehead atoms. The van der Waals surface area contributed by atoms with Crippen LogP contribution in [0.3, 0.4) is 0 Å². The van der Waals surface area contributed by atoms with E-state index in [2.05, 4.69) is 10.6 Å². The zero-order chi connectivity index (χ0) is 22.2. The first kappa shape index (κ1) is 21.3.